The molecule has 0 saturated carbocycles. The number of rotatable bonds is 2. The molecule has 1 atom stereocenters. The summed E-state index contributed by atoms with van der Waals surface area (Å²) in [7, 11) is 0. The molecule has 0 aromatic carbocycles. The zero-order chi connectivity index (χ0) is 8.43. The summed E-state index contributed by atoms with van der Waals surface area (Å²) in [6.45, 7) is 0. The Kier molecular flexibility index (Phi) is 2.19. The summed E-state index contributed by atoms with van der Waals surface area (Å²) in [6.07, 6.45) is -1.98. The first-order valence-electron chi connectivity index (χ1n) is 3.04. The zero-order valence-corrected chi connectivity index (χ0v) is 5.59. The molecule has 1 unspecified atom stereocenters. The van der Waals surface area contributed by atoms with Crippen LogP contribution >= 0.6 is 0 Å². The molecule has 0 aliphatic carbocycles. The van der Waals surface area contributed by atoms with Crippen LogP contribution in [0.4, 0.5) is 8.78 Å². The Morgan fingerprint density at radius 3 is 2.73 bits per heavy atom. The normalized spacial score (nSPS) is 23.8. The predicted molar refractivity (Wildman–Crippen MR) is 32.8 cm³/mol. The number of hydrogen-bond acceptors (Lipinski definition) is 3. The van der Waals surface area contributed by atoms with E-state index >= 15 is 0 Å². The first-order chi connectivity index (χ1) is 5.11. The smallest absolute Gasteiger partial charge is 0.332 e. The Morgan fingerprint density at radius 2 is 2.36 bits per heavy atom. The summed E-state index contributed by atoms with van der Waals surface area (Å²) in [6, 6.07) is -0.996. The molecule has 0 bridgehead atoms. The molecule has 1 heterocycles. The van der Waals surface area contributed by atoms with Crippen LogP contribution in [0.3, 0.4) is 0 Å². The molecule has 1 rings (SSSR count). The Morgan fingerprint density at radius 1 is 1.73 bits per heavy atom. The fourth-order valence-corrected chi connectivity index (χ4v) is 0.785. The van der Waals surface area contributed by atoms with Crippen molar-refractivity contribution < 1.29 is 18.3 Å². The lowest BCUT2D eigenvalue weighted by Crippen LogP contribution is -2.29. The van der Waals surface area contributed by atoms with Crippen molar-refractivity contribution >= 4 is 5.97 Å². The van der Waals surface area contributed by atoms with E-state index in [1.807, 2.05) is 0 Å². The van der Waals surface area contributed by atoms with Gasteiger partial charge in [0.25, 0.3) is 0 Å². The second kappa shape index (κ2) is 2.96. The number of carbonyl (C=O) groups excluding carboxylic acids is 1. The number of nitrogens with two attached hydrogens (primary N) is 1. The van der Waals surface area contributed by atoms with Crippen molar-refractivity contribution in [3.63, 3.8) is 0 Å². The number of halogens is 2. The number of carbonyl (C=O) groups is 1. The van der Waals surface area contributed by atoms with Gasteiger partial charge in [-0.1, -0.05) is 0 Å². The van der Waals surface area contributed by atoms with E-state index in [4.69, 9.17) is 5.73 Å². The Balaban J connectivity index is 2.54. The standard InChI is InChI=1S/C6H7F2NO2/c7-4(8)1-3-2-11-6(10)5(3)9/h2,4-5H,1,9H2. The number of hydrogen-bond donors (Lipinski definition) is 1. The van der Waals surface area contributed by atoms with E-state index in [1.165, 1.54) is 0 Å². The van der Waals surface area contributed by atoms with E-state index in [1.54, 1.807) is 0 Å². The van der Waals surface area contributed by atoms with Crippen LogP contribution in [0.5, 0.6) is 0 Å². The van der Waals surface area contributed by atoms with E-state index in [9.17, 15) is 13.6 Å². The topological polar surface area (TPSA) is 52.3 Å². The van der Waals surface area contributed by atoms with Crippen LogP contribution in [0, 0.1) is 0 Å². The van der Waals surface area contributed by atoms with Gasteiger partial charge in [-0.25, -0.2) is 13.6 Å². The van der Waals surface area contributed by atoms with Gasteiger partial charge in [0.15, 0.2) is 0 Å². The van der Waals surface area contributed by atoms with Crippen LogP contribution in [0.15, 0.2) is 11.8 Å². The van der Waals surface area contributed by atoms with Gasteiger partial charge in [0.2, 0.25) is 6.43 Å². The van der Waals surface area contributed by atoms with Gasteiger partial charge in [-0.05, 0) is 5.57 Å². The highest BCUT2D eigenvalue weighted by molar-refractivity contribution is 5.82. The van der Waals surface area contributed by atoms with Crippen LogP contribution in [0.2, 0.25) is 0 Å². The minimum absolute atomic E-state index is 0.157. The molecule has 1 aliphatic heterocycles. The molecule has 3 nitrogen and oxygen atoms in total. The number of alkyl halides is 2. The largest absolute Gasteiger partial charge is 0.433 e. The lowest BCUT2D eigenvalue weighted by molar-refractivity contribution is -0.136. The van der Waals surface area contributed by atoms with Crippen LogP contribution in [0.1, 0.15) is 6.42 Å². The number of esters is 1. The summed E-state index contributed by atoms with van der Waals surface area (Å²) in [5, 5.41) is 0. The summed E-state index contributed by atoms with van der Waals surface area (Å²) in [4.78, 5) is 10.5. The highest BCUT2D eigenvalue weighted by Crippen LogP contribution is 2.18. The molecular formula is C6H7F2NO2. The summed E-state index contributed by atoms with van der Waals surface area (Å²) in [5.74, 6) is -0.666. The molecule has 0 spiro atoms. The number of cyclic esters (lactones) is 1. The highest BCUT2D eigenvalue weighted by atomic mass is 19.3. The van der Waals surface area contributed by atoms with Gasteiger partial charge in [0, 0.05) is 6.42 Å². The third-order valence-corrected chi connectivity index (χ3v) is 1.37. The van der Waals surface area contributed by atoms with Crippen molar-refractivity contribution in [2.75, 3.05) is 0 Å². The Hall–Kier alpha value is -0.970. The molecule has 2 N–H and O–H groups in total. The van der Waals surface area contributed by atoms with Crippen LogP contribution in [-0.4, -0.2) is 18.4 Å². The highest BCUT2D eigenvalue weighted by Gasteiger charge is 2.27. The average Bonchev–Trinajstić information content (AvgIpc) is 2.18. The van der Waals surface area contributed by atoms with Crippen molar-refractivity contribution in [1.82, 2.24) is 0 Å². The van der Waals surface area contributed by atoms with Crippen molar-refractivity contribution in [2.45, 2.75) is 18.9 Å². The van der Waals surface area contributed by atoms with Crippen LogP contribution in [-0.2, 0) is 9.53 Å². The summed E-state index contributed by atoms with van der Waals surface area (Å²) < 4.78 is 27.8. The summed E-state index contributed by atoms with van der Waals surface area (Å²) in [5.41, 5.74) is 5.35. The molecule has 0 radical (unpaired) electrons. The Bertz CT molecular complexity index is 203. The fourth-order valence-electron chi connectivity index (χ4n) is 0.785. The zero-order valence-electron chi connectivity index (χ0n) is 5.59. The lowest BCUT2D eigenvalue weighted by atomic mass is 10.1. The first-order valence-corrected chi connectivity index (χ1v) is 3.04. The SMILES string of the molecule is NC1C(=O)OC=C1CC(F)F. The molecule has 0 aromatic rings. The molecule has 0 fully saturated rings. The van der Waals surface area contributed by atoms with Gasteiger partial charge >= 0.3 is 5.97 Å². The summed E-state index contributed by atoms with van der Waals surface area (Å²) >= 11 is 0. The maximum atomic E-state index is 11.7. The van der Waals surface area contributed by atoms with E-state index < -0.39 is 24.9 Å². The monoisotopic (exact) mass is 163 g/mol. The van der Waals surface area contributed by atoms with Gasteiger partial charge in [0.05, 0.1) is 6.26 Å². The number of ether oxygens (including phenoxy) is 1. The Labute approximate surface area is 61.8 Å². The van der Waals surface area contributed by atoms with Crippen molar-refractivity contribution in [1.29, 1.82) is 0 Å². The minimum Gasteiger partial charge on any atom is -0.433 e. The van der Waals surface area contributed by atoms with E-state index in [0.717, 1.165) is 6.26 Å². The molecule has 11 heavy (non-hydrogen) atoms. The molecule has 62 valence electrons. The van der Waals surface area contributed by atoms with Gasteiger partial charge < -0.3 is 10.5 Å². The lowest BCUT2D eigenvalue weighted by Gasteiger charge is -2.02. The molecule has 0 amide bonds. The molecule has 0 aromatic heterocycles. The maximum Gasteiger partial charge on any atom is 0.332 e. The van der Waals surface area contributed by atoms with Gasteiger partial charge in [-0.15, -0.1) is 0 Å². The van der Waals surface area contributed by atoms with Crippen LogP contribution < -0.4 is 5.73 Å². The molecule has 5 heteroatoms. The van der Waals surface area contributed by atoms with Crippen molar-refractivity contribution in [3.8, 4) is 0 Å². The van der Waals surface area contributed by atoms with E-state index in [-0.39, 0.29) is 5.57 Å². The molecule has 0 saturated heterocycles. The van der Waals surface area contributed by atoms with E-state index in [0.29, 0.717) is 0 Å². The quantitative estimate of drug-likeness (QED) is 0.600. The van der Waals surface area contributed by atoms with E-state index in [2.05, 4.69) is 4.74 Å². The predicted octanol–water partition coefficient (Wildman–Crippen LogP) is 0.410. The second-order valence-corrected chi connectivity index (χ2v) is 2.20. The van der Waals surface area contributed by atoms with Crippen LogP contribution in [0.25, 0.3) is 0 Å². The molecule has 1 aliphatic rings. The average molecular weight is 163 g/mol. The minimum atomic E-state index is -2.48. The molecular weight excluding hydrogens is 156 g/mol. The van der Waals surface area contributed by atoms with Gasteiger partial charge in [-0.3, -0.25) is 0 Å². The van der Waals surface area contributed by atoms with Crippen molar-refractivity contribution in [3.05, 3.63) is 11.8 Å². The second-order valence-electron chi connectivity index (χ2n) is 2.20. The third-order valence-electron chi connectivity index (χ3n) is 1.37. The van der Waals surface area contributed by atoms with Crippen molar-refractivity contribution in [2.24, 2.45) is 5.73 Å². The van der Waals surface area contributed by atoms with Gasteiger partial charge in [0.1, 0.15) is 6.04 Å². The van der Waals surface area contributed by atoms with Gasteiger partial charge in [-0.2, -0.15) is 0 Å². The first kappa shape index (κ1) is 8.13. The fraction of sp³-hybridized carbons (Fsp3) is 0.500. The maximum absolute atomic E-state index is 11.7. The third kappa shape index (κ3) is 1.74.